The van der Waals surface area contributed by atoms with Gasteiger partial charge in [-0.15, -0.1) is 0 Å². The zero-order valence-corrected chi connectivity index (χ0v) is 31.0. The van der Waals surface area contributed by atoms with E-state index in [4.69, 9.17) is 9.98 Å². The molecule has 0 radical (unpaired) electrons. The van der Waals surface area contributed by atoms with Gasteiger partial charge in [0, 0.05) is 12.6 Å². The monoisotopic (exact) mass is 707 g/mol. The fourth-order valence-corrected chi connectivity index (χ4v) is 8.61. The zero-order chi connectivity index (χ0) is 36.7. The van der Waals surface area contributed by atoms with Gasteiger partial charge in [0.2, 0.25) is 0 Å². The Hall–Kier alpha value is -6.58. The first kappa shape index (κ1) is 33.0. The van der Waals surface area contributed by atoms with Crippen LogP contribution in [0.15, 0.2) is 191 Å². The summed E-state index contributed by atoms with van der Waals surface area (Å²) in [7, 11) is 2.14. The number of benzene rings is 8. The third kappa shape index (κ3) is 6.12. The van der Waals surface area contributed by atoms with Crippen LogP contribution in [0.4, 0.5) is 0 Å². The van der Waals surface area contributed by atoms with Gasteiger partial charge in [0.1, 0.15) is 12.0 Å². The van der Waals surface area contributed by atoms with E-state index in [1.54, 1.807) is 0 Å². The van der Waals surface area contributed by atoms with E-state index in [0.29, 0.717) is 0 Å². The summed E-state index contributed by atoms with van der Waals surface area (Å²) in [6, 6.07) is 61.7. The summed E-state index contributed by atoms with van der Waals surface area (Å²) in [5.41, 5.74) is 10.5. The molecule has 1 unspecified atom stereocenters. The predicted octanol–water partition coefficient (Wildman–Crippen LogP) is 13.4. The van der Waals surface area contributed by atoms with Gasteiger partial charge in [-0.1, -0.05) is 146 Å². The number of nitrogens with zero attached hydrogens (tertiary/aromatic N) is 3. The first-order chi connectivity index (χ1) is 27.2. The molecule has 2 aliphatic rings. The van der Waals surface area contributed by atoms with Gasteiger partial charge in [-0.05, 0) is 133 Å². The van der Waals surface area contributed by atoms with Gasteiger partial charge >= 0.3 is 0 Å². The second kappa shape index (κ2) is 14.0. The molecule has 0 saturated heterocycles. The molecule has 264 valence electrons. The SMILES string of the molecule is CN1C(C2=CCCCC2)=NC(c2cc(-c3ccccc3)cc(-c3cccc(-c4ccc5c6ccccc6c6ccccc6c5c4)c3)c2)=NC1c1ccccc1. The third-order valence-electron chi connectivity index (χ3n) is 11.4. The van der Waals surface area contributed by atoms with Crippen molar-refractivity contribution in [1.82, 2.24) is 4.90 Å². The van der Waals surface area contributed by atoms with E-state index in [0.717, 1.165) is 52.3 Å². The summed E-state index contributed by atoms with van der Waals surface area (Å²) in [6.07, 6.45) is 6.78. The van der Waals surface area contributed by atoms with Gasteiger partial charge in [0.05, 0.1) is 0 Å². The van der Waals surface area contributed by atoms with Crippen molar-refractivity contribution in [2.24, 2.45) is 9.98 Å². The van der Waals surface area contributed by atoms with Crippen LogP contribution in [0.3, 0.4) is 0 Å². The molecule has 10 rings (SSSR count). The summed E-state index contributed by atoms with van der Waals surface area (Å²) in [5.74, 6) is 1.81. The lowest BCUT2D eigenvalue weighted by Gasteiger charge is -2.34. The average molecular weight is 708 g/mol. The molecule has 1 atom stereocenters. The van der Waals surface area contributed by atoms with Gasteiger partial charge in [-0.3, -0.25) is 0 Å². The predicted molar refractivity (Wildman–Crippen MR) is 233 cm³/mol. The number of hydrogen-bond acceptors (Lipinski definition) is 3. The first-order valence-electron chi connectivity index (χ1n) is 19.5. The minimum absolute atomic E-state index is 0.167. The van der Waals surface area contributed by atoms with Gasteiger partial charge in [-0.25, -0.2) is 9.98 Å². The number of fused-ring (bicyclic) bond motifs is 6. The lowest BCUT2D eigenvalue weighted by molar-refractivity contribution is 0.380. The highest BCUT2D eigenvalue weighted by Gasteiger charge is 2.28. The van der Waals surface area contributed by atoms with E-state index in [9.17, 15) is 0 Å². The molecular weight excluding hydrogens is 667 g/mol. The van der Waals surface area contributed by atoms with Gasteiger partial charge in [-0.2, -0.15) is 0 Å². The van der Waals surface area contributed by atoms with Crippen LogP contribution in [0.1, 0.15) is 43.0 Å². The highest BCUT2D eigenvalue weighted by molar-refractivity contribution is 6.25. The van der Waals surface area contributed by atoms with Crippen molar-refractivity contribution in [3.63, 3.8) is 0 Å². The van der Waals surface area contributed by atoms with Crippen LogP contribution in [0, 0.1) is 0 Å². The molecule has 8 aromatic rings. The van der Waals surface area contributed by atoms with Gasteiger partial charge in [0.15, 0.2) is 5.84 Å². The minimum Gasteiger partial charge on any atom is -0.334 e. The van der Waals surface area contributed by atoms with Crippen LogP contribution in [0.25, 0.3) is 65.7 Å². The van der Waals surface area contributed by atoms with E-state index in [1.807, 2.05) is 0 Å². The van der Waals surface area contributed by atoms with Crippen molar-refractivity contribution in [2.75, 3.05) is 7.05 Å². The normalized spacial score (nSPS) is 15.9. The molecule has 0 aromatic heterocycles. The van der Waals surface area contributed by atoms with Gasteiger partial charge in [0.25, 0.3) is 0 Å². The Morgan fingerprint density at radius 1 is 0.455 bits per heavy atom. The lowest BCUT2D eigenvalue weighted by Crippen LogP contribution is -2.36. The smallest absolute Gasteiger partial charge is 0.159 e. The minimum atomic E-state index is -0.167. The standard InChI is InChI=1S/C52H41N3/c1-55-51(36-18-7-3-8-19-36)53-50(54-52(55)37-20-9-4-10-21-37)43-32-41(35-16-5-2-6-17-35)31-42(33-43)39-23-15-22-38(30-39)40-28-29-48-46-26-12-11-24-44(46)45-25-13-14-27-47(45)49(48)34-40/h2-3,5-8,11-20,22-34,51H,4,9-10,21H2,1H3. The van der Waals surface area contributed by atoms with E-state index < -0.39 is 0 Å². The van der Waals surface area contributed by atoms with Crippen molar-refractivity contribution in [3.05, 3.63) is 193 Å². The molecule has 0 N–H and O–H groups in total. The van der Waals surface area contributed by atoms with Gasteiger partial charge < -0.3 is 4.90 Å². The van der Waals surface area contributed by atoms with Crippen molar-refractivity contribution >= 4 is 44.0 Å². The maximum absolute atomic E-state index is 5.39. The molecule has 0 spiro atoms. The number of allylic oxidation sites excluding steroid dienone is 1. The van der Waals surface area contributed by atoms with E-state index in [1.165, 1.54) is 67.4 Å². The number of rotatable bonds is 6. The maximum Gasteiger partial charge on any atom is 0.159 e. The number of amidine groups is 2. The number of likely N-dealkylation sites (N-methyl/N-ethyl adjacent to an activating group) is 1. The Morgan fingerprint density at radius 3 is 1.65 bits per heavy atom. The highest BCUT2D eigenvalue weighted by Crippen LogP contribution is 2.39. The van der Waals surface area contributed by atoms with Crippen LogP contribution < -0.4 is 0 Å². The second-order valence-electron chi connectivity index (χ2n) is 14.9. The van der Waals surface area contributed by atoms with E-state index >= 15 is 0 Å². The van der Waals surface area contributed by atoms with Crippen LogP contribution in [-0.4, -0.2) is 23.6 Å². The molecule has 55 heavy (non-hydrogen) atoms. The quantitative estimate of drug-likeness (QED) is 0.158. The van der Waals surface area contributed by atoms with Crippen molar-refractivity contribution in [3.8, 4) is 33.4 Å². The van der Waals surface area contributed by atoms with Crippen LogP contribution in [-0.2, 0) is 0 Å². The Bertz CT molecular complexity index is 2790. The lowest BCUT2D eigenvalue weighted by atomic mass is 9.91. The van der Waals surface area contributed by atoms with E-state index in [-0.39, 0.29) is 6.17 Å². The Labute approximate surface area is 322 Å². The molecule has 0 bridgehead atoms. The average Bonchev–Trinajstić information content (AvgIpc) is 3.27. The first-order valence-corrected chi connectivity index (χ1v) is 19.5. The van der Waals surface area contributed by atoms with Crippen molar-refractivity contribution in [1.29, 1.82) is 0 Å². The Balaban J connectivity index is 1.12. The zero-order valence-electron chi connectivity index (χ0n) is 31.0. The van der Waals surface area contributed by atoms with Crippen LogP contribution >= 0.6 is 0 Å². The molecule has 8 aromatic carbocycles. The number of hydrogen-bond donors (Lipinski definition) is 0. The summed E-state index contributed by atoms with van der Waals surface area (Å²) in [4.78, 5) is 13.0. The molecular formula is C52H41N3. The fraction of sp³-hybridized carbons (Fsp3) is 0.115. The molecule has 0 amide bonds. The fourth-order valence-electron chi connectivity index (χ4n) is 8.61. The molecule has 0 saturated carbocycles. The van der Waals surface area contributed by atoms with Crippen molar-refractivity contribution < 1.29 is 0 Å². The Kier molecular flexibility index (Phi) is 8.41. The number of aliphatic imine (C=N–C) groups is 2. The molecule has 1 heterocycles. The molecule has 3 nitrogen and oxygen atoms in total. The summed E-state index contributed by atoms with van der Waals surface area (Å²) >= 11 is 0. The third-order valence-corrected chi connectivity index (χ3v) is 11.4. The van der Waals surface area contributed by atoms with Crippen LogP contribution in [0.5, 0.6) is 0 Å². The van der Waals surface area contributed by atoms with E-state index in [2.05, 4.69) is 188 Å². The second-order valence-corrected chi connectivity index (χ2v) is 14.9. The maximum atomic E-state index is 5.39. The molecule has 0 fully saturated rings. The molecule has 1 aliphatic carbocycles. The highest BCUT2D eigenvalue weighted by atomic mass is 15.3. The molecule has 3 heteroatoms. The summed E-state index contributed by atoms with van der Waals surface area (Å²) in [5, 5.41) is 7.72. The van der Waals surface area contributed by atoms with Crippen LogP contribution in [0.2, 0.25) is 0 Å². The Morgan fingerprint density at radius 2 is 0.982 bits per heavy atom. The molecule has 1 aliphatic heterocycles. The largest absolute Gasteiger partial charge is 0.334 e. The van der Waals surface area contributed by atoms with Crippen molar-refractivity contribution in [2.45, 2.75) is 31.8 Å². The summed E-state index contributed by atoms with van der Waals surface area (Å²) < 4.78 is 0. The summed E-state index contributed by atoms with van der Waals surface area (Å²) in [6.45, 7) is 0. The topological polar surface area (TPSA) is 28.0 Å².